The van der Waals surface area contributed by atoms with Gasteiger partial charge in [0.1, 0.15) is 12.4 Å². The Labute approximate surface area is 106 Å². The van der Waals surface area contributed by atoms with Gasteiger partial charge in [0.15, 0.2) is 0 Å². The summed E-state index contributed by atoms with van der Waals surface area (Å²) < 4.78 is 5.51. The molecule has 1 fully saturated rings. The minimum absolute atomic E-state index is 0.00837. The number of amides is 1. The van der Waals surface area contributed by atoms with Crippen molar-refractivity contribution >= 4 is 11.6 Å². The van der Waals surface area contributed by atoms with Gasteiger partial charge in [-0.15, -0.1) is 0 Å². The quantitative estimate of drug-likeness (QED) is 0.698. The zero-order valence-electron chi connectivity index (χ0n) is 10.6. The van der Waals surface area contributed by atoms with Crippen LogP contribution in [0.3, 0.4) is 0 Å². The molecule has 0 radical (unpaired) electrons. The zero-order valence-corrected chi connectivity index (χ0v) is 10.6. The maximum atomic E-state index is 11.7. The van der Waals surface area contributed by atoms with E-state index in [1.807, 2.05) is 13.8 Å². The summed E-state index contributed by atoms with van der Waals surface area (Å²) in [4.78, 5) is 11.7. The van der Waals surface area contributed by atoms with Gasteiger partial charge in [-0.2, -0.15) is 0 Å². The van der Waals surface area contributed by atoms with E-state index in [-0.39, 0.29) is 23.9 Å². The van der Waals surface area contributed by atoms with Crippen molar-refractivity contribution in [3.8, 4) is 5.75 Å². The second kappa shape index (κ2) is 4.96. The maximum Gasteiger partial charge on any atom is 0.250 e. The van der Waals surface area contributed by atoms with Crippen LogP contribution in [0.1, 0.15) is 12.5 Å². The highest BCUT2D eigenvalue weighted by Gasteiger charge is 2.33. The van der Waals surface area contributed by atoms with Crippen molar-refractivity contribution in [3.63, 3.8) is 0 Å². The second-order valence-electron chi connectivity index (χ2n) is 4.91. The standard InChI is InChI=1S/C13H18N2O3/c1-9-3-4-11(16)10(5-9)15-12(17)6-18-13(2)7-14-8-13/h3-5,14,16H,6-8H2,1-2H3,(H,15,17). The molecule has 3 N–H and O–H groups in total. The van der Waals surface area contributed by atoms with Gasteiger partial charge in [0.25, 0.3) is 5.91 Å². The van der Waals surface area contributed by atoms with Crippen LogP contribution >= 0.6 is 0 Å². The molecule has 5 heteroatoms. The summed E-state index contributed by atoms with van der Waals surface area (Å²) in [5, 5.41) is 15.3. The lowest BCUT2D eigenvalue weighted by Crippen LogP contribution is -2.59. The van der Waals surface area contributed by atoms with Crippen LogP contribution in [0, 0.1) is 6.92 Å². The number of ether oxygens (including phenoxy) is 1. The minimum Gasteiger partial charge on any atom is -0.506 e. The lowest BCUT2D eigenvalue weighted by atomic mass is 10.0. The Morgan fingerprint density at radius 3 is 2.89 bits per heavy atom. The number of phenolic OH excluding ortho intramolecular Hbond substituents is 1. The monoisotopic (exact) mass is 250 g/mol. The van der Waals surface area contributed by atoms with Gasteiger partial charge in [0.05, 0.1) is 11.3 Å². The normalized spacial score (nSPS) is 17.0. The van der Waals surface area contributed by atoms with Gasteiger partial charge in [0, 0.05) is 13.1 Å². The third-order valence-corrected chi connectivity index (χ3v) is 2.98. The Bertz CT molecular complexity index is 456. The van der Waals surface area contributed by atoms with Crippen LogP contribution in [0.15, 0.2) is 18.2 Å². The number of phenols is 1. The molecule has 1 aliphatic rings. The van der Waals surface area contributed by atoms with Crippen LogP contribution in [0.2, 0.25) is 0 Å². The summed E-state index contributed by atoms with van der Waals surface area (Å²) in [6, 6.07) is 5.06. The van der Waals surface area contributed by atoms with E-state index in [2.05, 4.69) is 10.6 Å². The topological polar surface area (TPSA) is 70.6 Å². The van der Waals surface area contributed by atoms with Crippen molar-refractivity contribution in [1.29, 1.82) is 0 Å². The van der Waals surface area contributed by atoms with E-state index < -0.39 is 0 Å². The molecule has 0 aromatic heterocycles. The third-order valence-electron chi connectivity index (χ3n) is 2.98. The fourth-order valence-corrected chi connectivity index (χ4v) is 1.76. The van der Waals surface area contributed by atoms with E-state index in [1.165, 1.54) is 0 Å². The van der Waals surface area contributed by atoms with Gasteiger partial charge in [-0.3, -0.25) is 4.79 Å². The van der Waals surface area contributed by atoms with E-state index in [0.717, 1.165) is 18.7 Å². The minimum atomic E-state index is -0.260. The molecule has 1 aromatic carbocycles. The molecule has 1 aromatic rings. The number of benzene rings is 1. The molecule has 0 bridgehead atoms. The van der Waals surface area contributed by atoms with Gasteiger partial charge < -0.3 is 20.5 Å². The zero-order chi connectivity index (χ0) is 13.2. The average Bonchev–Trinajstić information content (AvgIpc) is 2.29. The molecule has 5 nitrogen and oxygen atoms in total. The number of anilines is 1. The van der Waals surface area contributed by atoms with Crippen LogP contribution in [-0.4, -0.2) is 36.3 Å². The third kappa shape index (κ3) is 3.00. The van der Waals surface area contributed by atoms with Crippen molar-refractivity contribution in [3.05, 3.63) is 23.8 Å². The first kappa shape index (κ1) is 12.9. The highest BCUT2D eigenvalue weighted by atomic mass is 16.5. The molecule has 18 heavy (non-hydrogen) atoms. The van der Waals surface area contributed by atoms with Crippen LogP contribution in [0.4, 0.5) is 5.69 Å². The van der Waals surface area contributed by atoms with Crippen LogP contribution in [-0.2, 0) is 9.53 Å². The molecule has 1 heterocycles. The number of aryl methyl sites for hydroxylation is 1. The van der Waals surface area contributed by atoms with E-state index in [1.54, 1.807) is 18.2 Å². The molecular formula is C13H18N2O3. The average molecular weight is 250 g/mol. The largest absolute Gasteiger partial charge is 0.506 e. The Morgan fingerprint density at radius 2 is 2.28 bits per heavy atom. The first-order valence-electron chi connectivity index (χ1n) is 5.93. The fourth-order valence-electron chi connectivity index (χ4n) is 1.76. The molecule has 98 valence electrons. The van der Waals surface area contributed by atoms with Crippen molar-refractivity contribution in [1.82, 2.24) is 5.32 Å². The number of carbonyl (C=O) groups is 1. The SMILES string of the molecule is Cc1ccc(O)c(NC(=O)COC2(C)CNC2)c1. The van der Waals surface area contributed by atoms with Gasteiger partial charge in [0.2, 0.25) is 0 Å². The Balaban J connectivity index is 1.88. The summed E-state index contributed by atoms with van der Waals surface area (Å²) in [7, 11) is 0. The van der Waals surface area contributed by atoms with E-state index in [4.69, 9.17) is 4.74 Å². The van der Waals surface area contributed by atoms with Gasteiger partial charge in [-0.1, -0.05) is 6.07 Å². The summed E-state index contributed by atoms with van der Waals surface area (Å²) in [6.45, 7) is 5.37. The van der Waals surface area contributed by atoms with E-state index >= 15 is 0 Å². The molecule has 1 amide bonds. The molecule has 1 saturated heterocycles. The molecule has 2 rings (SSSR count). The van der Waals surface area contributed by atoms with E-state index in [9.17, 15) is 9.90 Å². The second-order valence-corrected chi connectivity index (χ2v) is 4.91. The Kier molecular flexibility index (Phi) is 3.54. The summed E-state index contributed by atoms with van der Waals surface area (Å²) >= 11 is 0. The van der Waals surface area contributed by atoms with Crippen molar-refractivity contribution in [2.24, 2.45) is 0 Å². The first-order chi connectivity index (χ1) is 8.48. The number of nitrogens with one attached hydrogen (secondary N) is 2. The predicted molar refractivity (Wildman–Crippen MR) is 68.7 cm³/mol. The number of hydrogen-bond acceptors (Lipinski definition) is 4. The Hall–Kier alpha value is -1.59. The van der Waals surface area contributed by atoms with Crippen molar-refractivity contribution in [2.45, 2.75) is 19.4 Å². The van der Waals surface area contributed by atoms with Crippen LogP contribution in [0.5, 0.6) is 5.75 Å². The molecule has 0 spiro atoms. The van der Waals surface area contributed by atoms with Gasteiger partial charge >= 0.3 is 0 Å². The molecule has 0 unspecified atom stereocenters. The smallest absolute Gasteiger partial charge is 0.250 e. The highest BCUT2D eigenvalue weighted by Crippen LogP contribution is 2.24. The van der Waals surface area contributed by atoms with Gasteiger partial charge in [-0.05, 0) is 31.5 Å². The summed E-state index contributed by atoms with van der Waals surface area (Å²) in [6.07, 6.45) is 0. The lowest BCUT2D eigenvalue weighted by Gasteiger charge is -2.38. The summed E-state index contributed by atoms with van der Waals surface area (Å²) in [5.41, 5.74) is 1.14. The van der Waals surface area contributed by atoms with Gasteiger partial charge in [-0.25, -0.2) is 0 Å². The highest BCUT2D eigenvalue weighted by molar-refractivity contribution is 5.93. The van der Waals surface area contributed by atoms with Crippen molar-refractivity contribution < 1.29 is 14.6 Å². The number of rotatable bonds is 4. The number of hydrogen-bond donors (Lipinski definition) is 3. The molecule has 0 saturated carbocycles. The van der Waals surface area contributed by atoms with E-state index in [0.29, 0.717) is 5.69 Å². The Morgan fingerprint density at radius 1 is 1.56 bits per heavy atom. The number of aromatic hydroxyl groups is 1. The first-order valence-corrected chi connectivity index (χ1v) is 5.93. The van der Waals surface area contributed by atoms with Crippen LogP contribution < -0.4 is 10.6 Å². The predicted octanol–water partition coefficient (Wildman–Crippen LogP) is 1.02. The van der Waals surface area contributed by atoms with Crippen LogP contribution in [0.25, 0.3) is 0 Å². The maximum absolute atomic E-state index is 11.7. The fraction of sp³-hybridized carbons (Fsp3) is 0.462. The molecule has 0 aliphatic carbocycles. The van der Waals surface area contributed by atoms with Crippen molar-refractivity contribution in [2.75, 3.05) is 25.0 Å². The molecule has 0 atom stereocenters. The lowest BCUT2D eigenvalue weighted by molar-refractivity contribution is -0.130. The molecule has 1 aliphatic heterocycles. The number of carbonyl (C=O) groups excluding carboxylic acids is 1. The molecular weight excluding hydrogens is 232 g/mol. The summed E-state index contributed by atoms with van der Waals surface area (Å²) in [5.74, 6) is -0.200.